The van der Waals surface area contributed by atoms with E-state index in [2.05, 4.69) is 55.6 Å². The average Bonchev–Trinajstić information content (AvgIpc) is 2.61. The summed E-state index contributed by atoms with van der Waals surface area (Å²) >= 11 is 1.79. The fourth-order valence-electron chi connectivity index (χ4n) is 1.93. The van der Waals surface area contributed by atoms with E-state index in [1.165, 1.54) is 15.5 Å². The van der Waals surface area contributed by atoms with Crippen LogP contribution >= 0.6 is 11.8 Å². The van der Waals surface area contributed by atoms with Crippen LogP contribution in [0.3, 0.4) is 0 Å². The van der Waals surface area contributed by atoms with Gasteiger partial charge in [0.05, 0.1) is 5.03 Å². The molecule has 0 bridgehead atoms. The SMILES string of the molecule is C=CC1=CC=CN(C)C(SC2=CCCC(C=C)=C2)=C1. The zero-order chi connectivity index (χ0) is 13.7. The van der Waals surface area contributed by atoms with Crippen LogP contribution in [0.2, 0.25) is 0 Å². The van der Waals surface area contributed by atoms with Gasteiger partial charge in [-0.15, -0.1) is 0 Å². The molecule has 0 radical (unpaired) electrons. The molecular formula is C17H19NS. The first-order chi connectivity index (χ1) is 9.22. The van der Waals surface area contributed by atoms with E-state index in [1.807, 2.05) is 18.2 Å². The summed E-state index contributed by atoms with van der Waals surface area (Å²) in [4.78, 5) is 3.42. The van der Waals surface area contributed by atoms with Gasteiger partial charge in [-0.3, -0.25) is 0 Å². The lowest BCUT2D eigenvalue weighted by Gasteiger charge is -2.19. The zero-order valence-electron chi connectivity index (χ0n) is 11.3. The van der Waals surface area contributed by atoms with Crippen LogP contribution in [0.25, 0.3) is 0 Å². The predicted octanol–water partition coefficient (Wildman–Crippen LogP) is 4.92. The summed E-state index contributed by atoms with van der Waals surface area (Å²) in [6.45, 7) is 7.70. The summed E-state index contributed by atoms with van der Waals surface area (Å²) < 4.78 is 0. The highest BCUT2D eigenvalue weighted by Crippen LogP contribution is 2.34. The molecule has 1 heterocycles. The van der Waals surface area contributed by atoms with Crippen molar-refractivity contribution in [2.24, 2.45) is 0 Å². The van der Waals surface area contributed by atoms with Crippen LogP contribution < -0.4 is 0 Å². The maximum absolute atomic E-state index is 3.86. The van der Waals surface area contributed by atoms with Crippen LogP contribution in [0.4, 0.5) is 0 Å². The van der Waals surface area contributed by atoms with Gasteiger partial charge in [0.1, 0.15) is 0 Å². The molecule has 19 heavy (non-hydrogen) atoms. The molecule has 0 spiro atoms. The van der Waals surface area contributed by atoms with Crippen molar-refractivity contribution in [2.45, 2.75) is 12.8 Å². The van der Waals surface area contributed by atoms with Crippen LogP contribution in [-0.4, -0.2) is 11.9 Å². The van der Waals surface area contributed by atoms with Crippen molar-refractivity contribution in [2.75, 3.05) is 7.05 Å². The van der Waals surface area contributed by atoms with E-state index < -0.39 is 0 Å². The molecule has 98 valence electrons. The molecule has 0 fully saturated rings. The molecule has 0 aromatic heterocycles. The largest absolute Gasteiger partial charge is 0.346 e. The Morgan fingerprint density at radius 2 is 2.11 bits per heavy atom. The van der Waals surface area contributed by atoms with Crippen molar-refractivity contribution in [3.8, 4) is 0 Å². The fourth-order valence-corrected chi connectivity index (χ4v) is 2.98. The maximum Gasteiger partial charge on any atom is 0.0799 e. The van der Waals surface area contributed by atoms with Crippen molar-refractivity contribution < 1.29 is 0 Å². The van der Waals surface area contributed by atoms with E-state index in [9.17, 15) is 0 Å². The van der Waals surface area contributed by atoms with Crippen LogP contribution in [0.1, 0.15) is 12.8 Å². The fraction of sp³-hybridized carbons (Fsp3) is 0.176. The Morgan fingerprint density at radius 3 is 2.84 bits per heavy atom. The molecule has 0 aromatic carbocycles. The standard InChI is InChI=1S/C17H19NS/c1-4-14-8-6-10-16(12-14)19-17-13-15(5-2)9-7-11-18(17)3/h4-5,7,9-13H,1-2,6,8H2,3H3. The van der Waals surface area contributed by atoms with Crippen molar-refractivity contribution in [3.63, 3.8) is 0 Å². The molecule has 0 unspecified atom stereocenters. The first-order valence-electron chi connectivity index (χ1n) is 6.39. The third-order valence-corrected chi connectivity index (χ3v) is 4.20. The quantitative estimate of drug-likeness (QED) is 0.712. The molecule has 1 aliphatic heterocycles. The molecule has 0 amide bonds. The third-order valence-electron chi connectivity index (χ3n) is 3.06. The topological polar surface area (TPSA) is 3.24 Å². The maximum atomic E-state index is 3.86. The molecule has 0 N–H and O–H groups in total. The first-order valence-corrected chi connectivity index (χ1v) is 7.21. The lowest BCUT2D eigenvalue weighted by molar-refractivity contribution is 0.612. The van der Waals surface area contributed by atoms with Gasteiger partial charge in [-0.05, 0) is 42.2 Å². The normalized spacial score (nSPS) is 18.9. The Bertz CT molecular complexity index is 529. The number of hydrogen-bond donors (Lipinski definition) is 0. The Hall–Kier alpha value is -1.67. The third kappa shape index (κ3) is 3.65. The lowest BCUT2D eigenvalue weighted by Crippen LogP contribution is -2.07. The van der Waals surface area contributed by atoms with E-state index >= 15 is 0 Å². The minimum Gasteiger partial charge on any atom is -0.346 e. The smallest absolute Gasteiger partial charge is 0.0799 e. The molecule has 2 rings (SSSR count). The van der Waals surface area contributed by atoms with Crippen molar-refractivity contribution >= 4 is 11.8 Å². The molecule has 0 saturated carbocycles. The molecular weight excluding hydrogens is 250 g/mol. The monoisotopic (exact) mass is 269 g/mol. The second-order valence-corrected chi connectivity index (χ2v) is 5.57. The van der Waals surface area contributed by atoms with Gasteiger partial charge in [-0.25, -0.2) is 0 Å². The summed E-state index contributed by atoms with van der Waals surface area (Å²) in [5.41, 5.74) is 2.45. The Balaban J connectivity index is 2.20. The minimum absolute atomic E-state index is 1.09. The van der Waals surface area contributed by atoms with E-state index in [0.29, 0.717) is 0 Å². The second kappa shape index (κ2) is 6.48. The summed E-state index contributed by atoms with van der Waals surface area (Å²) in [6.07, 6.45) is 18.9. The molecule has 1 aliphatic carbocycles. The van der Waals surface area contributed by atoms with Crippen molar-refractivity contribution in [1.29, 1.82) is 0 Å². The Morgan fingerprint density at radius 1 is 1.26 bits per heavy atom. The van der Waals surface area contributed by atoms with Gasteiger partial charge in [0.2, 0.25) is 0 Å². The van der Waals surface area contributed by atoms with Gasteiger partial charge in [0, 0.05) is 18.2 Å². The molecule has 0 aromatic rings. The number of nitrogens with zero attached hydrogens (tertiary/aromatic N) is 1. The highest BCUT2D eigenvalue weighted by Gasteiger charge is 2.10. The van der Waals surface area contributed by atoms with E-state index in [4.69, 9.17) is 0 Å². The minimum atomic E-state index is 1.09. The summed E-state index contributed by atoms with van der Waals surface area (Å²) in [6, 6.07) is 0. The van der Waals surface area contributed by atoms with Crippen LogP contribution in [-0.2, 0) is 0 Å². The molecule has 0 atom stereocenters. The number of hydrogen-bond acceptors (Lipinski definition) is 2. The summed E-state index contributed by atoms with van der Waals surface area (Å²) in [5, 5.41) is 1.20. The highest BCUT2D eigenvalue weighted by molar-refractivity contribution is 8.06. The second-order valence-electron chi connectivity index (χ2n) is 4.48. The van der Waals surface area contributed by atoms with Gasteiger partial charge in [0.25, 0.3) is 0 Å². The van der Waals surface area contributed by atoms with Gasteiger partial charge in [-0.2, -0.15) is 0 Å². The number of rotatable bonds is 4. The van der Waals surface area contributed by atoms with Crippen molar-refractivity contribution in [1.82, 2.24) is 4.90 Å². The van der Waals surface area contributed by atoms with Crippen LogP contribution in [0, 0.1) is 0 Å². The van der Waals surface area contributed by atoms with Crippen LogP contribution in [0.15, 0.2) is 83.0 Å². The van der Waals surface area contributed by atoms with Gasteiger partial charge in [-0.1, -0.05) is 49.2 Å². The Labute approximate surface area is 120 Å². The first kappa shape index (κ1) is 13.8. The molecule has 2 aliphatic rings. The zero-order valence-corrected chi connectivity index (χ0v) is 12.1. The summed E-state index contributed by atoms with van der Waals surface area (Å²) in [7, 11) is 2.07. The predicted molar refractivity (Wildman–Crippen MR) is 86.5 cm³/mol. The van der Waals surface area contributed by atoms with Gasteiger partial charge < -0.3 is 4.90 Å². The van der Waals surface area contributed by atoms with Crippen LogP contribution in [0.5, 0.6) is 0 Å². The van der Waals surface area contributed by atoms with E-state index in [1.54, 1.807) is 11.8 Å². The number of allylic oxidation sites excluding steroid dienone is 9. The van der Waals surface area contributed by atoms with E-state index in [0.717, 1.165) is 18.4 Å². The van der Waals surface area contributed by atoms with Gasteiger partial charge >= 0.3 is 0 Å². The molecule has 2 heteroatoms. The highest BCUT2D eigenvalue weighted by atomic mass is 32.2. The average molecular weight is 269 g/mol. The van der Waals surface area contributed by atoms with Gasteiger partial charge in [0.15, 0.2) is 0 Å². The summed E-state index contributed by atoms with van der Waals surface area (Å²) in [5.74, 6) is 0. The lowest BCUT2D eigenvalue weighted by atomic mass is 10.1. The van der Waals surface area contributed by atoms with Crippen molar-refractivity contribution in [3.05, 3.63) is 83.0 Å². The Kier molecular flexibility index (Phi) is 4.69. The van der Waals surface area contributed by atoms with E-state index in [-0.39, 0.29) is 0 Å². The molecule has 0 saturated heterocycles. The molecule has 1 nitrogen and oxygen atoms in total. The number of thioether (sulfide) groups is 1.